The van der Waals surface area contributed by atoms with Gasteiger partial charge < -0.3 is 9.90 Å². The number of rotatable bonds is 4. The number of allylic oxidation sites excluding steroid dienone is 4. The second-order valence-electron chi connectivity index (χ2n) is 6.17. The summed E-state index contributed by atoms with van der Waals surface area (Å²) in [6.07, 6.45) is 8.82. The van der Waals surface area contributed by atoms with Gasteiger partial charge in [0.1, 0.15) is 12.0 Å². The molecule has 0 heterocycles. The minimum absolute atomic E-state index is 0.0817. The fourth-order valence-electron chi connectivity index (χ4n) is 2.68. The molecule has 0 spiro atoms. The molecular formula is C18H22O2. The first-order valence-electron chi connectivity index (χ1n) is 7.08. The minimum Gasteiger partial charge on any atom is -0.508 e. The van der Waals surface area contributed by atoms with E-state index < -0.39 is 5.41 Å². The smallest absolute Gasteiger partial charge is 0.130 e. The van der Waals surface area contributed by atoms with Crippen molar-refractivity contribution in [3.8, 4) is 5.75 Å². The number of phenolic OH excluding ortho intramolecular Hbond substituents is 1. The zero-order valence-corrected chi connectivity index (χ0v) is 12.4. The summed E-state index contributed by atoms with van der Waals surface area (Å²) in [4.78, 5) is 11.8. The largest absolute Gasteiger partial charge is 0.508 e. The van der Waals surface area contributed by atoms with Crippen LogP contribution in [-0.2, 0) is 4.79 Å². The standard InChI is InChI=1S/C18H22O2/c1-4-17(2,3)18(13-19)11-5-6-15(12-18)14-7-9-16(20)10-8-14/h5-11,13,20H,4,12H2,1-3H3. The van der Waals surface area contributed by atoms with Crippen LogP contribution >= 0.6 is 0 Å². The van der Waals surface area contributed by atoms with Crippen molar-refractivity contribution < 1.29 is 9.90 Å². The van der Waals surface area contributed by atoms with Crippen molar-refractivity contribution in [1.29, 1.82) is 0 Å². The molecule has 0 saturated heterocycles. The maximum absolute atomic E-state index is 11.8. The first-order chi connectivity index (χ1) is 9.44. The van der Waals surface area contributed by atoms with Crippen LogP contribution in [0.25, 0.3) is 5.57 Å². The highest BCUT2D eigenvalue weighted by Crippen LogP contribution is 2.49. The Kier molecular flexibility index (Phi) is 3.85. The summed E-state index contributed by atoms with van der Waals surface area (Å²) in [7, 11) is 0. The molecule has 0 saturated carbocycles. The van der Waals surface area contributed by atoms with E-state index in [2.05, 4.69) is 26.8 Å². The minimum atomic E-state index is -0.455. The molecule has 1 aromatic rings. The highest BCUT2D eigenvalue weighted by atomic mass is 16.3. The molecule has 2 nitrogen and oxygen atoms in total. The van der Waals surface area contributed by atoms with Crippen molar-refractivity contribution in [2.45, 2.75) is 33.6 Å². The topological polar surface area (TPSA) is 37.3 Å². The third kappa shape index (κ3) is 2.43. The molecule has 0 bridgehead atoms. The first kappa shape index (κ1) is 14.6. The van der Waals surface area contributed by atoms with Gasteiger partial charge in [-0.2, -0.15) is 0 Å². The number of phenols is 1. The number of benzene rings is 1. The lowest BCUT2D eigenvalue weighted by molar-refractivity contribution is -0.118. The van der Waals surface area contributed by atoms with Gasteiger partial charge in [0.25, 0.3) is 0 Å². The molecule has 106 valence electrons. The lowest BCUT2D eigenvalue weighted by atomic mass is 9.60. The summed E-state index contributed by atoms with van der Waals surface area (Å²) in [5.74, 6) is 0.260. The van der Waals surface area contributed by atoms with Crippen LogP contribution < -0.4 is 0 Å². The molecule has 0 radical (unpaired) electrons. The van der Waals surface area contributed by atoms with E-state index >= 15 is 0 Å². The van der Waals surface area contributed by atoms with Gasteiger partial charge in [-0.1, -0.05) is 51.1 Å². The molecule has 1 aromatic carbocycles. The molecule has 20 heavy (non-hydrogen) atoms. The van der Waals surface area contributed by atoms with Crippen molar-refractivity contribution in [2.75, 3.05) is 0 Å². The van der Waals surface area contributed by atoms with E-state index in [1.165, 1.54) is 0 Å². The van der Waals surface area contributed by atoms with E-state index in [0.29, 0.717) is 6.42 Å². The van der Waals surface area contributed by atoms with Gasteiger partial charge in [-0.15, -0.1) is 0 Å². The van der Waals surface area contributed by atoms with Gasteiger partial charge in [0.2, 0.25) is 0 Å². The van der Waals surface area contributed by atoms with E-state index in [4.69, 9.17) is 0 Å². The maximum Gasteiger partial charge on any atom is 0.130 e. The van der Waals surface area contributed by atoms with Gasteiger partial charge >= 0.3 is 0 Å². The fourth-order valence-corrected chi connectivity index (χ4v) is 2.68. The second kappa shape index (κ2) is 5.28. The third-order valence-electron chi connectivity index (χ3n) is 4.77. The lowest BCUT2D eigenvalue weighted by Gasteiger charge is -2.42. The number of carbonyl (C=O) groups excluding carboxylic acids is 1. The SMILES string of the molecule is CCC(C)(C)C1(C=O)C=CC=C(c2ccc(O)cc2)C1. The Labute approximate surface area is 120 Å². The first-order valence-corrected chi connectivity index (χ1v) is 7.08. The zero-order chi connectivity index (χ0) is 14.8. The van der Waals surface area contributed by atoms with Crippen LogP contribution in [0.15, 0.2) is 42.5 Å². The average Bonchev–Trinajstić information content (AvgIpc) is 2.47. The van der Waals surface area contributed by atoms with Crippen molar-refractivity contribution in [2.24, 2.45) is 10.8 Å². The number of carbonyl (C=O) groups is 1. The molecule has 0 fully saturated rings. The molecule has 1 aliphatic rings. The molecule has 2 rings (SSSR count). The Morgan fingerprint density at radius 2 is 1.95 bits per heavy atom. The molecule has 0 amide bonds. The molecule has 0 aromatic heterocycles. The van der Waals surface area contributed by atoms with E-state index in [1.54, 1.807) is 12.1 Å². The van der Waals surface area contributed by atoms with Crippen molar-refractivity contribution in [1.82, 2.24) is 0 Å². The quantitative estimate of drug-likeness (QED) is 0.825. The third-order valence-corrected chi connectivity index (χ3v) is 4.77. The summed E-state index contributed by atoms with van der Waals surface area (Å²) in [6, 6.07) is 7.16. The van der Waals surface area contributed by atoms with Gasteiger partial charge in [-0.25, -0.2) is 0 Å². The number of aldehydes is 1. The predicted molar refractivity (Wildman–Crippen MR) is 82.4 cm³/mol. The average molecular weight is 270 g/mol. The monoisotopic (exact) mass is 270 g/mol. The number of hydrogen-bond donors (Lipinski definition) is 1. The highest BCUT2D eigenvalue weighted by Gasteiger charge is 2.43. The lowest BCUT2D eigenvalue weighted by Crippen LogP contribution is -2.38. The molecule has 1 aliphatic carbocycles. The van der Waals surface area contributed by atoms with Crippen LogP contribution in [0.2, 0.25) is 0 Å². The Hall–Kier alpha value is -1.83. The molecule has 2 heteroatoms. The summed E-state index contributed by atoms with van der Waals surface area (Å²) in [5.41, 5.74) is 1.66. The summed E-state index contributed by atoms with van der Waals surface area (Å²) >= 11 is 0. The van der Waals surface area contributed by atoms with Gasteiger partial charge in [0.05, 0.1) is 5.41 Å². The normalized spacial score (nSPS) is 22.4. The van der Waals surface area contributed by atoms with Crippen molar-refractivity contribution in [3.05, 3.63) is 48.1 Å². The van der Waals surface area contributed by atoms with E-state index in [1.807, 2.05) is 24.3 Å². The Morgan fingerprint density at radius 1 is 1.30 bits per heavy atom. The molecule has 1 atom stereocenters. The van der Waals surface area contributed by atoms with Crippen molar-refractivity contribution >= 4 is 11.9 Å². The highest BCUT2D eigenvalue weighted by molar-refractivity contribution is 5.77. The number of hydrogen-bond acceptors (Lipinski definition) is 2. The zero-order valence-electron chi connectivity index (χ0n) is 12.4. The fraction of sp³-hybridized carbons (Fsp3) is 0.389. The Morgan fingerprint density at radius 3 is 2.50 bits per heavy atom. The second-order valence-corrected chi connectivity index (χ2v) is 6.17. The molecule has 1 N–H and O–H groups in total. The number of aromatic hydroxyl groups is 1. The van der Waals surface area contributed by atoms with Crippen LogP contribution in [0.3, 0.4) is 0 Å². The summed E-state index contributed by atoms with van der Waals surface area (Å²) in [5, 5.41) is 9.38. The van der Waals surface area contributed by atoms with Gasteiger partial charge in [-0.3, -0.25) is 0 Å². The van der Waals surface area contributed by atoms with Crippen LogP contribution in [-0.4, -0.2) is 11.4 Å². The van der Waals surface area contributed by atoms with Gasteiger partial charge in [-0.05, 0) is 41.5 Å². The van der Waals surface area contributed by atoms with Crippen molar-refractivity contribution in [3.63, 3.8) is 0 Å². The molecule has 1 unspecified atom stereocenters. The van der Waals surface area contributed by atoms with Crippen LogP contribution in [0.5, 0.6) is 5.75 Å². The maximum atomic E-state index is 11.8. The van der Waals surface area contributed by atoms with E-state index in [-0.39, 0.29) is 11.2 Å². The predicted octanol–water partition coefficient (Wildman–Crippen LogP) is 4.36. The summed E-state index contributed by atoms with van der Waals surface area (Å²) < 4.78 is 0. The molecule has 0 aliphatic heterocycles. The summed E-state index contributed by atoms with van der Waals surface area (Å²) in [6.45, 7) is 6.41. The van der Waals surface area contributed by atoms with Crippen LogP contribution in [0.4, 0.5) is 0 Å². The molecular weight excluding hydrogens is 248 g/mol. The Balaban J connectivity index is 2.37. The Bertz CT molecular complexity index is 549. The van der Waals surface area contributed by atoms with Gasteiger partial charge in [0, 0.05) is 0 Å². The van der Waals surface area contributed by atoms with E-state index in [9.17, 15) is 9.90 Å². The van der Waals surface area contributed by atoms with Crippen LogP contribution in [0, 0.1) is 10.8 Å². The van der Waals surface area contributed by atoms with Crippen LogP contribution in [0.1, 0.15) is 39.2 Å². The van der Waals surface area contributed by atoms with Gasteiger partial charge in [0.15, 0.2) is 0 Å². The van der Waals surface area contributed by atoms with E-state index in [0.717, 1.165) is 23.8 Å².